The summed E-state index contributed by atoms with van der Waals surface area (Å²) in [6, 6.07) is 0. The third-order valence-electron chi connectivity index (χ3n) is 3.42. The van der Waals surface area contributed by atoms with Crippen molar-refractivity contribution in [3.63, 3.8) is 0 Å². The van der Waals surface area contributed by atoms with Crippen LogP contribution in [0.2, 0.25) is 0 Å². The number of rotatable bonds is 4. The van der Waals surface area contributed by atoms with Gasteiger partial charge in [0.25, 0.3) is 0 Å². The first-order valence-electron chi connectivity index (χ1n) is 6.58. The number of ether oxygens (including phenoxy) is 2. The van der Waals surface area contributed by atoms with Crippen LogP contribution < -0.4 is 0 Å². The van der Waals surface area contributed by atoms with Gasteiger partial charge in [0.05, 0.1) is 6.61 Å². The largest absolute Gasteiger partial charge is 0.353 e. The quantitative estimate of drug-likeness (QED) is 0.709. The normalized spacial score (nSPS) is 27.8. The summed E-state index contributed by atoms with van der Waals surface area (Å²) in [6.45, 7) is 8.08. The molecular weight excluding hydrogens is 188 g/mol. The summed E-state index contributed by atoms with van der Waals surface area (Å²) in [5.41, 5.74) is 0.542. The van der Waals surface area contributed by atoms with Gasteiger partial charge in [-0.25, -0.2) is 0 Å². The van der Waals surface area contributed by atoms with Gasteiger partial charge in [0.15, 0.2) is 6.29 Å². The topological polar surface area (TPSA) is 18.5 Å². The third-order valence-corrected chi connectivity index (χ3v) is 3.42. The average Bonchev–Trinajstić information content (AvgIpc) is 3.11. The highest BCUT2D eigenvalue weighted by Crippen LogP contribution is 2.49. The van der Waals surface area contributed by atoms with Crippen LogP contribution >= 0.6 is 0 Å². The Morgan fingerprint density at radius 2 is 2.00 bits per heavy atom. The smallest absolute Gasteiger partial charge is 0.157 e. The molecule has 1 aliphatic heterocycles. The Kier molecular flexibility index (Phi) is 5.62. The van der Waals surface area contributed by atoms with Gasteiger partial charge in [0.1, 0.15) is 0 Å². The lowest BCUT2D eigenvalue weighted by atomic mass is 10.1. The van der Waals surface area contributed by atoms with E-state index in [2.05, 4.69) is 6.92 Å². The van der Waals surface area contributed by atoms with E-state index >= 15 is 0 Å². The van der Waals surface area contributed by atoms with E-state index in [1.54, 1.807) is 0 Å². The molecule has 2 nitrogen and oxygen atoms in total. The first-order valence-corrected chi connectivity index (χ1v) is 6.58. The van der Waals surface area contributed by atoms with Crippen molar-refractivity contribution in [3.05, 3.63) is 0 Å². The molecule has 90 valence electrons. The number of hydrogen-bond acceptors (Lipinski definition) is 2. The molecule has 2 fully saturated rings. The zero-order valence-electron chi connectivity index (χ0n) is 10.6. The Morgan fingerprint density at radius 3 is 2.47 bits per heavy atom. The van der Waals surface area contributed by atoms with E-state index < -0.39 is 0 Å². The summed E-state index contributed by atoms with van der Waals surface area (Å²) >= 11 is 0. The van der Waals surface area contributed by atoms with Crippen molar-refractivity contribution in [2.75, 3.05) is 13.2 Å². The summed E-state index contributed by atoms with van der Waals surface area (Å²) < 4.78 is 11.3. The maximum atomic E-state index is 5.78. The SMILES string of the molecule is CC.CCC1(COC2CCCCO2)CC1. The maximum absolute atomic E-state index is 5.78. The second-order valence-corrected chi connectivity index (χ2v) is 4.46. The van der Waals surface area contributed by atoms with Gasteiger partial charge in [0, 0.05) is 6.61 Å². The van der Waals surface area contributed by atoms with Gasteiger partial charge < -0.3 is 9.47 Å². The fourth-order valence-corrected chi connectivity index (χ4v) is 1.89. The predicted octanol–water partition coefficient (Wildman–Crippen LogP) is 3.75. The zero-order valence-corrected chi connectivity index (χ0v) is 10.6. The highest BCUT2D eigenvalue weighted by Gasteiger charge is 2.41. The van der Waals surface area contributed by atoms with Crippen LogP contribution in [-0.4, -0.2) is 19.5 Å². The summed E-state index contributed by atoms with van der Waals surface area (Å²) in [7, 11) is 0. The van der Waals surface area contributed by atoms with Gasteiger partial charge in [-0.1, -0.05) is 20.8 Å². The van der Waals surface area contributed by atoms with Gasteiger partial charge in [0.2, 0.25) is 0 Å². The summed E-state index contributed by atoms with van der Waals surface area (Å²) in [6.07, 6.45) is 7.66. The molecular formula is C13H26O2. The maximum Gasteiger partial charge on any atom is 0.157 e. The van der Waals surface area contributed by atoms with Crippen LogP contribution in [-0.2, 0) is 9.47 Å². The van der Waals surface area contributed by atoms with Crippen molar-refractivity contribution in [1.29, 1.82) is 0 Å². The molecule has 0 aromatic rings. The van der Waals surface area contributed by atoms with Crippen molar-refractivity contribution >= 4 is 0 Å². The van der Waals surface area contributed by atoms with Crippen LogP contribution in [0.1, 0.15) is 59.3 Å². The van der Waals surface area contributed by atoms with Crippen molar-refractivity contribution in [2.24, 2.45) is 5.41 Å². The first kappa shape index (κ1) is 13.0. The standard InChI is InChI=1S/C11H20O2.C2H6/c1-2-11(6-7-11)9-13-10-5-3-4-8-12-10;1-2/h10H,2-9H2,1H3;1-2H3. The van der Waals surface area contributed by atoms with Gasteiger partial charge in [-0.05, 0) is 43.9 Å². The first-order chi connectivity index (χ1) is 7.35. The van der Waals surface area contributed by atoms with Gasteiger partial charge in [-0.3, -0.25) is 0 Å². The van der Waals surface area contributed by atoms with Crippen LogP contribution in [0.15, 0.2) is 0 Å². The molecule has 2 rings (SSSR count). The van der Waals surface area contributed by atoms with Crippen LogP contribution in [0, 0.1) is 5.41 Å². The van der Waals surface area contributed by atoms with Crippen LogP contribution in [0.5, 0.6) is 0 Å². The Hall–Kier alpha value is -0.0800. The molecule has 1 unspecified atom stereocenters. The van der Waals surface area contributed by atoms with Crippen molar-refractivity contribution < 1.29 is 9.47 Å². The van der Waals surface area contributed by atoms with E-state index in [0.29, 0.717) is 5.41 Å². The lowest BCUT2D eigenvalue weighted by molar-refractivity contribution is -0.171. The minimum atomic E-state index is 0.109. The van der Waals surface area contributed by atoms with Gasteiger partial charge in [-0.15, -0.1) is 0 Å². The molecule has 1 saturated carbocycles. The molecule has 1 saturated heterocycles. The molecule has 1 heterocycles. The highest BCUT2D eigenvalue weighted by atomic mass is 16.7. The Morgan fingerprint density at radius 1 is 1.27 bits per heavy atom. The van der Waals surface area contributed by atoms with Gasteiger partial charge >= 0.3 is 0 Å². The minimum absolute atomic E-state index is 0.109. The van der Waals surface area contributed by atoms with Crippen LogP contribution in [0.3, 0.4) is 0 Å². The molecule has 0 aromatic carbocycles. The molecule has 0 aromatic heterocycles. The monoisotopic (exact) mass is 214 g/mol. The average molecular weight is 214 g/mol. The fourth-order valence-electron chi connectivity index (χ4n) is 1.89. The molecule has 0 spiro atoms. The lowest BCUT2D eigenvalue weighted by Gasteiger charge is -2.24. The Labute approximate surface area is 94.3 Å². The zero-order chi connectivity index (χ0) is 11.1. The molecule has 0 bridgehead atoms. The van der Waals surface area contributed by atoms with Crippen molar-refractivity contribution in [1.82, 2.24) is 0 Å². The lowest BCUT2D eigenvalue weighted by Crippen LogP contribution is -2.25. The summed E-state index contributed by atoms with van der Waals surface area (Å²) in [5, 5.41) is 0. The molecule has 0 amide bonds. The molecule has 2 aliphatic rings. The van der Waals surface area contributed by atoms with Crippen molar-refractivity contribution in [2.45, 2.75) is 65.6 Å². The van der Waals surface area contributed by atoms with E-state index in [4.69, 9.17) is 9.47 Å². The third kappa shape index (κ3) is 4.12. The van der Waals surface area contributed by atoms with E-state index in [1.165, 1.54) is 32.1 Å². The van der Waals surface area contributed by atoms with Crippen molar-refractivity contribution in [3.8, 4) is 0 Å². The molecule has 0 radical (unpaired) electrons. The molecule has 2 heteroatoms. The number of hydrogen-bond donors (Lipinski definition) is 0. The van der Waals surface area contributed by atoms with Crippen LogP contribution in [0.4, 0.5) is 0 Å². The Balaban J connectivity index is 0.000000531. The highest BCUT2D eigenvalue weighted by molar-refractivity contribution is 4.91. The molecule has 15 heavy (non-hydrogen) atoms. The molecule has 1 atom stereocenters. The van der Waals surface area contributed by atoms with E-state index in [-0.39, 0.29) is 6.29 Å². The van der Waals surface area contributed by atoms with Gasteiger partial charge in [-0.2, -0.15) is 0 Å². The second-order valence-electron chi connectivity index (χ2n) is 4.46. The van der Waals surface area contributed by atoms with E-state index in [9.17, 15) is 0 Å². The summed E-state index contributed by atoms with van der Waals surface area (Å²) in [4.78, 5) is 0. The van der Waals surface area contributed by atoms with E-state index in [0.717, 1.165) is 19.6 Å². The predicted molar refractivity (Wildman–Crippen MR) is 62.8 cm³/mol. The molecule has 0 N–H and O–H groups in total. The second kappa shape index (κ2) is 6.49. The fraction of sp³-hybridized carbons (Fsp3) is 1.00. The Bertz CT molecular complexity index is 158. The minimum Gasteiger partial charge on any atom is -0.353 e. The van der Waals surface area contributed by atoms with E-state index in [1.807, 2.05) is 13.8 Å². The summed E-state index contributed by atoms with van der Waals surface area (Å²) in [5.74, 6) is 0. The molecule has 1 aliphatic carbocycles. The van der Waals surface area contributed by atoms with Crippen LogP contribution in [0.25, 0.3) is 0 Å².